The van der Waals surface area contributed by atoms with Crippen molar-refractivity contribution in [1.29, 1.82) is 0 Å². The number of rotatable bonds is 5. The summed E-state index contributed by atoms with van der Waals surface area (Å²) in [5.74, 6) is 0.633. The SMILES string of the molecule is CC(O)CC(C)O.CN1[CH-]N(c2[c-]cccc2)C=C1C1CC(C)(C)CC(C)(C)C1.[Ir+3].[c-]1ccccc1-c1nccc2ccccc12. The van der Waals surface area contributed by atoms with E-state index in [-0.39, 0.29) is 32.3 Å². The maximum Gasteiger partial charge on any atom is 3.00 e. The summed E-state index contributed by atoms with van der Waals surface area (Å²) in [4.78, 5) is 8.94. The van der Waals surface area contributed by atoms with Gasteiger partial charge in [0, 0.05) is 11.9 Å². The number of pyridine rings is 1. The number of aliphatic hydroxyl groups is 2. The van der Waals surface area contributed by atoms with Crippen LogP contribution in [0.1, 0.15) is 67.2 Å². The van der Waals surface area contributed by atoms with Crippen LogP contribution in [0.4, 0.5) is 5.69 Å². The molecule has 0 saturated heterocycles. The van der Waals surface area contributed by atoms with Gasteiger partial charge in [-0.15, -0.1) is 41.6 Å². The summed E-state index contributed by atoms with van der Waals surface area (Å²) >= 11 is 0. The van der Waals surface area contributed by atoms with E-state index in [0.717, 1.165) is 16.9 Å². The molecule has 0 radical (unpaired) electrons. The number of hydrogen-bond donors (Lipinski definition) is 2. The van der Waals surface area contributed by atoms with Crippen molar-refractivity contribution in [3.8, 4) is 11.3 Å². The van der Waals surface area contributed by atoms with E-state index in [4.69, 9.17) is 10.2 Å². The third-order valence-corrected chi connectivity index (χ3v) is 8.24. The number of benzene rings is 3. The monoisotopic (exact) mass is 797 g/mol. The summed E-state index contributed by atoms with van der Waals surface area (Å²) in [7, 11) is 2.17. The second kappa shape index (κ2) is 16.7. The number of fused-ring (bicyclic) bond motifs is 1. The van der Waals surface area contributed by atoms with Crippen molar-refractivity contribution in [3.63, 3.8) is 0 Å². The average molecular weight is 797 g/mol. The van der Waals surface area contributed by atoms with Crippen molar-refractivity contribution in [3.05, 3.63) is 116 Å². The van der Waals surface area contributed by atoms with E-state index >= 15 is 0 Å². The second-order valence-electron chi connectivity index (χ2n) is 14.1. The van der Waals surface area contributed by atoms with Crippen molar-refractivity contribution in [2.24, 2.45) is 16.7 Å². The average Bonchev–Trinajstić information content (AvgIpc) is 3.38. The van der Waals surface area contributed by atoms with E-state index < -0.39 is 0 Å². The van der Waals surface area contributed by atoms with Crippen LogP contribution in [-0.2, 0) is 20.1 Å². The van der Waals surface area contributed by atoms with Crippen LogP contribution in [0.15, 0.2) is 97.0 Å². The largest absolute Gasteiger partial charge is 3.00 e. The third-order valence-electron chi connectivity index (χ3n) is 8.24. The van der Waals surface area contributed by atoms with Crippen molar-refractivity contribution in [2.75, 3.05) is 11.9 Å². The maximum absolute atomic E-state index is 8.56. The molecule has 1 fully saturated rings. The minimum Gasteiger partial charge on any atom is -0.508 e. The van der Waals surface area contributed by atoms with Gasteiger partial charge >= 0.3 is 20.1 Å². The molecule has 1 aromatic heterocycles. The topological polar surface area (TPSA) is 59.8 Å². The maximum atomic E-state index is 8.56. The van der Waals surface area contributed by atoms with Gasteiger partial charge < -0.3 is 25.0 Å². The number of aromatic nitrogens is 1. The number of para-hydroxylation sites is 1. The molecule has 1 saturated carbocycles. The van der Waals surface area contributed by atoms with Gasteiger partial charge in [0.25, 0.3) is 0 Å². The smallest absolute Gasteiger partial charge is 0.508 e. The Labute approximate surface area is 290 Å². The molecule has 2 unspecified atom stereocenters. The Bertz CT molecular complexity index is 1490. The van der Waals surface area contributed by atoms with Gasteiger partial charge in [-0.25, -0.2) is 0 Å². The number of nitrogens with zero attached hydrogens (tertiary/aromatic N) is 3. The van der Waals surface area contributed by atoms with Crippen LogP contribution in [0.25, 0.3) is 22.0 Å². The molecule has 4 aromatic rings. The quantitative estimate of drug-likeness (QED) is 0.198. The molecule has 0 bridgehead atoms. The zero-order chi connectivity index (χ0) is 32.6. The minimum absolute atomic E-state index is 0. The van der Waals surface area contributed by atoms with E-state index in [1.165, 1.54) is 35.7 Å². The minimum atomic E-state index is -0.375. The number of anilines is 1. The van der Waals surface area contributed by atoms with Gasteiger partial charge in [0.2, 0.25) is 0 Å². The first kappa shape index (κ1) is 37.4. The molecule has 5 nitrogen and oxygen atoms in total. The number of aliphatic hydroxyl groups excluding tert-OH is 2. The standard InChI is InChI=1S/C20H28N2.C15H10N.C5H12O2.Ir/c1-19(2)11-16(12-20(3,4)14-19)18-13-22(15-21(18)5)17-9-7-6-8-10-17;1-2-7-13(8-3-1)15-14-9-5-4-6-12(14)10-11-16-15;1-4(6)3-5(2)7;/h6-9,13,15-16H,11-12,14H2,1-5H3;1-7,9-11H;4-7H,3H2,1-2H3;/q-2;-1;;+3. The summed E-state index contributed by atoms with van der Waals surface area (Å²) in [6.45, 7) is 15.2. The summed E-state index contributed by atoms with van der Waals surface area (Å²) in [6, 6.07) is 32.9. The Hall–Kier alpha value is -3.02. The fraction of sp³-hybridized carbons (Fsp3) is 0.400. The molecule has 2 heterocycles. The van der Waals surface area contributed by atoms with Crippen molar-refractivity contribution >= 4 is 16.5 Å². The molecule has 1 aliphatic carbocycles. The predicted molar refractivity (Wildman–Crippen MR) is 187 cm³/mol. The molecule has 6 heteroatoms. The molecule has 2 N–H and O–H groups in total. The van der Waals surface area contributed by atoms with Crippen LogP contribution in [0.5, 0.6) is 0 Å². The molecule has 6 rings (SSSR count). The normalized spacial score (nSPS) is 18.2. The molecule has 2 aliphatic rings. The van der Waals surface area contributed by atoms with Crippen LogP contribution < -0.4 is 4.90 Å². The fourth-order valence-corrected chi connectivity index (χ4v) is 7.01. The van der Waals surface area contributed by atoms with E-state index in [2.05, 4.69) is 98.8 Å². The zero-order valence-corrected chi connectivity index (χ0v) is 30.8. The first-order valence-electron chi connectivity index (χ1n) is 16.1. The van der Waals surface area contributed by atoms with Gasteiger partial charge in [0.1, 0.15) is 0 Å². The van der Waals surface area contributed by atoms with Crippen LogP contribution in [0, 0.1) is 35.5 Å². The fourth-order valence-electron chi connectivity index (χ4n) is 7.01. The Morgan fingerprint density at radius 1 is 0.870 bits per heavy atom. The molecule has 0 spiro atoms. The van der Waals surface area contributed by atoms with Gasteiger partial charge in [-0.05, 0) is 92.1 Å². The summed E-state index contributed by atoms with van der Waals surface area (Å²) in [5, 5.41) is 19.5. The summed E-state index contributed by atoms with van der Waals surface area (Å²) < 4.78 is 0. The number of hydrogen-bond acceptors (Lipinski definition) is 5. The summed E-state index contributed by atoms with van der Waals surface area (Å²) in [6.07, 6.45) is 7.72. The van der Waals surface area contributed by atoms with Crippen LogP contribution in [-0.4, -0.2) is 39.4 Å². The molecule has 246 valence electrons. The van der Waals surface area contributed by atoms with Gasteiger partial charge in [0.05, 0.1) is 12.2 Å². The molecule has 2 atom stereocenters. The molecular weight excluding hydrogens is 747 g/mol. The third kappa shape index (κ3) is 10.8. The molecule has 1 aliphatic heterocycles. The Morgan fingerprint density at radius 3 is 2.04 bits per heavy atom. The van der Waals surface area contributed by atoms with Crippen LogP contribution >= 0.6 is 0 Å². The first-order chi connectivity index (χ1) is 21.3. The van der Waals surface area contributed by atoms with Crippen molar-refractivity contribution in [1.82, 2.24) is 9.88 Å². The van der Waals surface area contributed by atoms with E-state index in [9.17, 15) is 0 Å². The van der Waals surface area contributed by atoms with Gasteiger partial charge in [-0.3, -0.25) is 0 Å². The van der Waals surface area contributed by atoms with Gasteiger partial charge in [-0.2, -0.15) is 37.0 Å². The molecular formula is C40H50IrN3O2. The molecule has 0 amide bonds. The zero-order valence-electron chi connectivity index (χ0n) is 28.4. The Kier molecular flexibility index (Phi) is 13.6. The van der Waals surface area contributed by atoms with Crippen LogP contribution in [0.2, 0.25) is 0 Å². The van der Waals surface area contributed by atoms with E-state index in [1.807, 2.05) is 60.8 Å². The second-order valence-corrected chi connectivity index (χ2v) is 14.1. The molecule has 3 aromatic carbocycles. The van der Waals surface area contributed by atoms with Crippen molar-refractivity contribution in [2.45, 2.75) is 79.4 Å². The number of allylic oxidation sites excluding steroid dienone is 1. The van der Waals surface area contributed by atoms with Gasteiger partial charge in [-0.1, -0.05) is 52.0 Å². The van der Waals surface area contributed by atoms with Crippen molar-refractivity contribution < 1.29 is 30.3 Å². The Balaban J connectivity index is 0.000000210. The van der Waals surface area contributed by atoms with E-state index in [0.29, 0.717) is 23.2 Å². The summed E-state index contributed by atoms with van der Waals surface area (Å²) in [5.41, 5.74) is 5.43. The van der Waals surface area contributed by atoms with E-state index in [1.54, 1.807) is 13.8 Å². The molecule has 46 heavy (non-hydrogen) atoms. The van der Waals surface area contributed by atoms with Gasteiger partial charge in [0.15, 0.2) is 0 Å². The Morgan fingerprint density at radius 2 is 1.48 bits per heavy atom. The van der Waals surface area contributed by atoms with Crippen LogP contribution in [0.3, 0.4) is 0 Å². The first-order valence-corrected chi connectivity index (χ1v) is 16.1. The predicted octanol–water partition coefficient (Wildman–Crippen LogP) is 8.89.